The number of nitrogens with one attached hydrogen (secondary N) is 1. The van der Waals surface area contributed by atoms with Crippen LogP contribution in [-0.4, -0.2) is 44.3 Å². The Balaban J connectivity index is 1.66. The highest BCUT2D eigenvalue weighted by Crippen LogP contribution is 2.20. The maximum atomic E-state index is 5.95. The molecule has 1 unspecified atom stereocenters. The first-order valence-electron chi connectivity index (χ1n) is 7.95. The molecular weight excluding hydrogens is 284 g/mol. The van der Waals surface area contributed by atoms with Gasteiger partial charge in [0.1, 0.15) is 0 Å². The van der Waals surface area contributed by atoms with Gasteiger partial charge in [0, 0.05) is 24.2 Å². The third-order valence-electron chi connectivity index (χ3n) is 4.31. The van der Waals surface area contributed by atoms with Crippen LogP contribution >= 0.6 is 11.6 Å². The third kappa shape index (κ3) is 5.59. The molecule has 0 saturated carbocycles. The smallest absolute Gasteiger partial charge is 0.0599 e. The van der Waals surface area contributed by atoms with Crippen molar-refractivity contribution in [2.24, 2.45) is 0 Å². The lowest BCUT2D eigenvalue weighted by Gasteiger charge is -2.26. The van der Waals surface area contributed by atoms with Crippen LogP contribution < -0.4 is 5.32 Å². The Morgan fingerprint density at radius 1 is 1.29 bits per heavy atom. The van der Waals surface area contributed by atoms with Crippen LogP contribution in [0.25, 0.3) is 0 Å². The molecule has 0 radical (unpaired) electrons. The molecule has 2 rings (SSSR count). The zero-order valence-electron chi connectivity index (χ0n) is 13.1. The lowest BCUT2D eigenvalue weighted by molar-refractivity contribution is 0.0274. The monoisotopic (exact) mass is 310 g/mol. The summed E-state index contributed by atoms with van der Waals surface area (Å²) in [7, 11) is 2.17. The van der Waals surface area contributed by atoms with Crippen LogP contribution in [0.4, 0.5) is 0 Å². The summed E-state index contributed by atoms with van der Waals surface area (Å²) in [5.74, 6) is 0. The minimum atomic E-state index is 0.404. The molecule has 1 saturated heterocycles. The number of nitrogens with zero attached hydrogens (tertiary/aromatic N) is 1. The van der Waals surface area contributed by atoms with E-state index in [-0.39, 0.29) is 0 Å². The molecule has 1 aliphatic rings. The fourth-order valence-electron chi connectivity index (χ4n) is 2.72. The molecule has 1 atom stereocenters. The normalized spacial score (nSPS) is 18.1. The molecule has 21 heavy (non-hydrogen) atoms. The Labute approximate surface area is 133 Å². The molecule has 1 aromatic carbocycles. The number of piperidine rings is 1. The van der Waals surface area contributed by atoms with Gasteiger partial charge in [-0.05, 0) is 64.0 Å². The van der Waals surface area contributed by atoms with Crippen molar-refractivity contribution in [1.29, 1.82) is 0 Å². The molecule has 1 aromatic rings. The Kier molecular flexibility index (Phi) is 6.97. The molecule has 1 N–H and O–H groups in total. The van der Waals surface area contributed by atoms with E-state index in [1.54, 1.807) is 0 Å². The first kappa shape index (κ1) is 16.8. The van der Waals surface area contributed by atoms with Gasteiger partial charge in [0.25, 0.3) is 0 Å². The van der Waals surface area contributed by atoms with E-state index in [1.165, 1.54) is 5.56 Å². The first-order chi connectivity index (χ1) is 10.2. The Hall–Kier alpha value is -0.610. The summed E-state index contributed by atoms with van der Waals surface area (Å²) in [5, 5.41) is 4.16. The molecule has 0 aliphatic carbocycles. The largest absolute Gasteiger partial charge is 0.378 e. The molecule has 4 heteroatoms. The molecule has 1 aliphatic heterocycles. The molecule has 0 bridgehead atoms. The van der Waals surface area contributed by atoms with Crippen molar-refractivity contribution in [2.75, 3.05) is 33.3 Å². The average Bonchev–Trinajstić information content (AvgIpc) is 2.52. The summed E-state index contributed by atoms with van der Waals surface area (Å²) in [5.41, 5.74) is 1.31. The van der Waals surface area contributed by atoms with Gasteiger partial charge in [0.15, 0.2) is 0 Å². The van der Waals surface area contributed by atoms with Gasteiger partial charge in [0.2, 0.25) is 0 Å². The van der Waals surface area contributed by atoms with E-state index in [2.05, 4.69) is 36.3 Å². The lowest BCUT2D eigenvalue weighted by atomic mass is 10.1. The van der Waals surface area contributed by atoms with Crippen LogP contribution in [0.15, 0.2) is 24.3 Å². The minimum absolute atomic E-state index is 0.404. The second-order valence-corrected chi connectivity index (χ2v) is 6.32. The zero-order chi connectivity index (χ0) is 15.1. The maximum absolute atomic E-state index is 5.95. The van der Waals surface area contributed by atoms with Crippen LogP contribution in [-0.2, 0) is 4.74 Å². The Morgan fingerprint density at radius 3 is 2.62 bits per heavy atom. The van der Waals surface area contributed by atoms with Crippen molar-refractivity contribution in [1.82, 2.24) is 10.2 Å². The van der Waals surface area contributed by atoms with E-state index in [4.69, 9.17) is 16.3 Å². The quantitative estimate of drug-likeness (QED) is 0.780. The Morgan fingerprint density at radius 2 is 1.95 bits per heavy atom. The molecule has 0 spiro atoms. The maximum Gasteiger partial charge on any atom is 0.0599 e. The number of rotatable bonds is 7. The molecule has 0 amide bonds. The van der Waals surface area contributed by atoms with E-state index < -0.39 is 0 Å². The zero-order valence-corrected chi connectivity index (χ0v) is 13.9. The summed E-state index contributed by atoms with van der Waals surface area (Å²) in [6.07, 6.45) is 3.84. The minimum Gasteiger partial charge on any atom is -0.378 e. The number of halogens is 1. The second kappa shape index (κ2) is 8.74. The Bertz CT molecular complexity index is 404. The molecule has 118 valence electrons. The van der Waals surface area contributed by atoms with Gasteiger partial charge in [0.05, 0.1) is 6.10 Å². The van der Waals surface area contributed by atoms with Gasteiger partial charge in [-0.1, -0.05) is 23.7 Å². The number of hydrogen-bond donors (Lipinski definition) is 1. The van der Waals surface area contributed by atoms with Crippen LogP contribution in [0, 0.1) is 0 Å². The van der Waals surface area contributed by atoms with E-state index in [0.717, 1.165) is 50.5 Å². The number of ether oxygens (including phenoxy) is 1. The van der Waals surface area contributed by atoms with Crippen LogP contribution in [0.5, 0.6) is 0 Å². The van der Waals surface area contributed by atoms with Gasteiger partial charge in [-0.25, -0.2) is 0 Å². The first-order valence-corrected chi connectivity index (χ1v) is 8.32. The predicted octanol–water partition coefficient (Wildman–Crippen LogP) is 3.49. The fourth-order valence-corrected chi connectivity index (χ4v) is 2.84. The molecule has 3 nitrogen and oxygen atoms in total. The van der Waals surface area contributed by atoms with E-state index >= 15 is 0 Å². The molecule has 0 aromatic heterocycles. The van der Waals surface area contributed by atoms with Gasteiger partial charge in [-0.2, -0.15) is 0 Å². The van der Waals surface area contributed by atoms with Gasteiger partial charge >= 0.3 is 0 Å². The third-order valence-corrected chi connectivity index (χ3v) is 4.56. The highest BCUT2D eigenvalue weighted by molar-refractivity contribution is 6.30. The lowest BCUT2D eigenvalue weighted by Crippen LogP contribution is -2.33. The van der Waals surface area contributed by atoms with E-state index in [0.29, 0.717) is 12.1 Å². The summed E-state index contributed by atoms with van der Waals surface area (Å²) < 4.78 is 5.95. The summed E-state index contributed by atoms with van der Waals surface area (Å²) in [4.78, 5) is 2.37. The van der Waals surface area contributed by atoms with Crippen LogP contribution in [0.1, 0.15) is 37.8 Å². The molecule has 1 heterocycles. The van der Waals surface area contributed by atoms with Crippen molar-refractivity contribution >= 4 is 11.6 Å². The van der Waals surface area contributed by atoms with Crippen molar-refractivity contribution < 1.29 is 4.74 Å². The van der Waals surface area contributed by atoms with Crippen molar-refractivity contribution in [3.8, 4) is 0 Å². The second-order valence-electron chi connectivity index (χ2n) is 5.88. The van der Waals surface area contributed by atoms with Crippen LogP contribution in [0.2, 0.25) is 5.02 Å². The number of hydrogen-bond acceptors (Lipinski definition) is 3. The van der Waals surface area contributed by atoms with E-state index in [1.807, 2.05) is 12.1 Å². The van der Waals surface area contributed by atoms with Crippen LogP contribution in [0.3, 0.4) is 0 Å². The molecule has 1 fully saturated rings. The summed E-state index contributed by atoms with van der Waals surface area (Å²) in [6.45, 7) is 6.34. The highest BCUT2D eigenvalue weighted by atomic mass is 35.5. The standard InChI is InChI=1S/C17H27ClN2O/c1-14(15-4-6-16(18)7-5-15)20(2)12-3-13-21-17-8-10-19-11-9-17/h4-7,14,17,19H,3,8-13H2,1-2H3. The van der Waals surface area contributed by atoms with Crippen molar-refractivity contribution in [3.63, 3.8) is 0 Å². The topological polar surface area (TPSA) is 24.5 Å². The van der Waals surface area contributed by atoms with Crippen molar-refractivity contribution in [2.45, 2.75) is 38.3 Å². The molecular formula is C17H27ClN2O. The average molecular weight is 311 g/mol. The van der Waals surface area contributed by atoms with Gasteiger partial charge in [-0.3, -0.25) is 4.90 Å². The predicted molar refractivity (Wildman–Crippen MR) is 89.0 cm³/mol. The summed E-state index contributed by atoms with van der Waals surface area (Å²) in [6, 6.07) is 8.54. The van der Waals surface area contributed by atoms with Crippen molar-refractivity contribution in [3.05, 3.63) is 34.9 Å². The number of benzene rings is 1. The van der Waals surface area contributed by atoms with Gasteiger partial charge in [-0.15, -0.1) is 0 Å². The summed E-state index contributed by atoms with van der Waals surface area (Å²) >= 11 is 5.94. The van der Waals surface area contributed by atoms with E-state index in [9.17, 15) is 0 Å². The van der Waals surface area contributed by atoms with Gasteiger partial charge < -0.3 is 10.1 Å². The fraction of sp³-hybridized carbons (Fsp3) is 0.647. The highest BCUT2D eigenvalue weighted by Gasteiger charge is 2.14. The SMILES string of the molecule is CC(c1ccc(Cl)cc1)N(C)CCCOC1CCNCC1.